The highest BCUT2D eigenvalue weighted by molar-refractivity contribution is 6.32. The Morgan fingerprint density at radius 3 is 2.71 bits per heavy atom. The van der Waals surface area contributed by atoms with Crippen LogP contribution in [-0.2, 0) is 0 Å². The summed E-state index contributed by atoms with van der Waals surface area (Å²) in [6.07, 6.45) is 6.78. The van der Waals surface area contributed by atoms with E-state index in [0.717, 1.165) is 12.7 Å². The molecule has 2 nitrogen and oxygen atoms in total. The molecule has 0 fully saturated rings. The molecule has 17 heavy (non-hydrogen) atoms. The quantitative estimate of drug-likeness (QED) is 0.504. The second-order valence-electron chi connectivity index (χ2n) is 4.07. The van der Waals surface area contributed by atoms with Gasteiger partial charge in [0.05, 0.1) is 11.6 Å². The predicted molar refractivity (Wildman–Crippen MR) is 71.1 cm³/mol. The van der Waals surface area contributed by atoms with Crippen molar-refractivity contribution >= 4 is 17.9 Å². The minimum Gasteiger partial charge on any atom is -0.492 e. The van der Waals surface area contributed by atoms with Crippen LogP contribution in [0.2, 0.25) is 5.02 Å². The molecule has 0 spiro atoms. The van der Waals surface area contributed by atoms with Gasteiger partial charge in [0.2, 0.25) is 0 Å². The Balaban J connectivity index is 2.33. The first kappa shape index (κ1) is 14.0. The SMILES string of the molecule is CCCCCCCOc1cc(C=O)ccc1Cl. The predicted octanol–water partition coefficient (Wildman–Crippen LogP) is 4.50. The van der Waals surface area contributed by atoms with Crippen LogP contribution in [0.15, 0.2) is 18.2 Å². The molecule has 0 radical (unpaired) electrons. The van der Waals surface area contributed by atoms with Gasteiger partial charge in [0.15, 0.2) is 0 Å². The van der Waals surface area contributed by atoms with E-state index in [2.05, 4.69) is 6.92 Å². The lowest BCUT2D eigenvalue weighted by Crippen LogP contribution is -1.98. The third-order valence-corrected chi connectivity index (χ3v) is 2.91. The van der Waals surface area contributed by atoms with Crippen LogP contribution in [0.25, 0.3) is 0 Å². The zero-order valence-corrected chi connectivity index (χ0v) is 11.0. The number of hydrogen-bond donors (Lipinski definition) is 0. The van der Waals surface area contributed by atoms with Crippen LogP contribution in [0.5, 0.6) is 5.75 Å². The zero-order chi connectivity index (χ0) is 12.5. The largest absolute Gasteiger partial charge is 0.492 e. The van der Waals surface area contributed by atoms with E-state index < -0.39 is 0 Å². The molecule has 1 rings (SSSR count). The summed E-state index contributed by atoms with van der Waals surface area (Å²) >= 11 is 5.97. The molecule has 0 aliphatic rings. The zero-order valence-electron chi connectivity index (χ0n) is 10.2. The van der Waals surface area contributed by atoms with Crippen LogP contribution in [0.4, 0.5) is 0 Å². The van der Waals surface area contributed by atoms with E-state index in [9.17, 15) is 4.79 Å². The van der Waals surface area contributed by atoms with Crippen molar-refractivity contribution in [2.45, 2.75) is 39.0 Å². The van der Waals surface area contributed by atoms with E-state index in [1.54, 1.807) is 18.2 Å². The minimum absolute atomic E-state index is 0.559. The molecule has 0 heterocycles. The second-order valence-corrected chi connectivity index (χ2v) is 4.48. The molecule has 1 aromatic carbocycles. The molecule has 0 aliphatic heterocycles. The summed E-state index contributed by atoms with van der Waals surface area (Å²) < 4.78 is 5.57. The summed E-state index contributed by atoms with van der Waals surface area (Å²) in [5.74, 6) is 0.603. The Bertz CT molecular complexity index is 350. The van der Waals surface area contributed by atoms with E-state index in [4.69, 9.17) is 16.3 Å². The first-order valence-electron chi connectivity index (χ1n) is 6.15. The van der Waals surface area contributed by atoms with E-state index in [1.807, 2.05) is 0 Å². The fourth-order valence-electron chi connectivity index (χ4n) is 1.59. The third-order valence-electron chi connectivity index (χ3n) is 2.60. The highest BCUT2D eigenvalue weighted by Gasteiger charge is 2.02. The van der Waals surface area contributed by atoms with Gasteiger partial charge in [-0.25, -0.2) is 0 Å². The molecule has 0 saturated carbocycles. The van der Waals surface area contributed by atoms with Crippen LogP contribution in [0, 0.1) is 0 Å². The average Bonchev–Trinajstić information content (AvgIpc) is 2.35. The van der Waals surface area contributed by atoms with Crippen molar-refractivity contribution in [3.63, 3.8) is 0 Å². The summed E-state index contributed by atoms with van der Waals surface area (Å²) in [7, 11) is 0. The first-order chi connectivity index (χ1) is 8.27. The maximum Gasteiger partial charge on any atom is 0.150 e. The van der Waals surface area contributed by atoms with E-state index in [-0.39, 0.29) is 0 Å². The molecule has 0 atom stereocenters. The van der Waals surface area contributed by atoms with Gasteiger partial charge in [0, 0.05) is 5.56 Å². The normalized spacial score (nSPS) is 10.2. The lowest BCUT2D eigenvalue weighted by Gasteiger charge is -2.08. The Morgan fingerprint density at radius 2 is 2.00 bits per heavy atom. The average molecular weight is 255 g/mol. The molecule has 0 unspecified atom stereocenters. The molecule has 0 bridgehead atoms. The molecule has 0 N–H and O–H groups in total. The minimum atomic E-state index is 0.559. The highest BCUT2D eigenvalue weighted by Crippen LogP contribution is 2.25. The Labute approximate surface area is 108 Å². The van der Waals surface area contributed by atoms with Crippen LogP contribution < -0.4 is 4.74 Å². The van der Waals surface area contributed by atoms with Gasteiger partial charge in [-0.3, -0.25) is 4.79 Å². The van der Waals surface area contributed by atoms with E-state index >= 15 is 0 Å². The van der Waals surface area contributed by atoms with E-state index in [1.165, 1.54) is 25.7 Å². The van der Waals surface area contributed by atoms with Gasteiger partial charge in [0.1, 0.15) is 12.0 Å². The smallest absolute Gasteiger partial charge is 0.150 e. The number of rotatable bonds is 8. The third kappa shape index (κ3) is 5.22. The lowest BCUT2D eigenvalue weighted by molar-refractivity contribution is 0.112. The number of benzene rings is 1. The van der Waals surface area contributed by atoms with Crippen molar-refractivity contribution in [3.05, 3.63) is 28.8 Å². The number of halogens is 1. The van der Waals surface area contributed by atoms with Crippen LogP contribution >= 0.6 is 11.6 Å². The highest BCUT2D eigenvalue weighted by atomic mass is 35.5. The fraction of sp³-hybridized carbons (Fsp3) is 0.500. The summed E-state index contributed by atoms with van der Waals surface area (Å²) in [6, 6.07) is 5.06. The summed E-state index contributed by atoms with van der Waals surface area (Å²) in [5.41, 5.74) is 0.593. The molecule has 0 aliphatic carbocycles. The van der Waals surface area contributed by atoms with Crippen molar-refractivity contribution in [2.75, 3.05) is 6.61 Å². The molecule has 3 heteroatoms. The van der Waals surface area contributed by atoms with Gasteiger partial charge in [-0.05, 0) is 24.6 Å². The number of aldehydes is 1. The van der Waals surface area contributed by atoms with Crippen molar-refractivity contribution in [2.24, 2.45) is 0 Å². The van der Waals surface area contributed by atoms with E-state index in [0.29, 0.717) is 22.9 Å². The molecule has 1 aromatic rings. The van der Waals surface area contributed by atoms with Crippen molar-refractivity contribution in [3.8, 4) is 5.75 Å². The monoisotopic (exact) mass is 254 g/mol. The van der Waals surface area contributed by atoms with Crippen molar-refractivity contribution in [1.29, 1.82) is 0 Å². The van der Waals surface area contributed by atoms with Gasteiger partial charge in [-0.2, -0.15) is 0 Å². The molecule has 0 aromatic heterocycles. The van der Waals surface area contributed by atoms with Gasteiger partial charge in [0.25, 0.3) is 0 Å². The van der Waals surface area contributed by atoms with Crippen molar-refractivity contribution < 1.29 is 9.53 Å². The topological polar surface area (TPSA) is 26.3 Å². The number of carbonyl (C=O) groups excluding carboxylic acids is 1. The van der Waals surface area contributed by atoms with Gasteiger partial charge >= 0.3 is 0 Å². The van der Waals surface area contributed by atoms with Gasteiger partial charge in [-0.1, -0.05) is 44.2 Å². The fourth-order valence-corrected chi connectivity index (χ4v) is 1.76. The Hall–Kier alpha value is -1.02. The number of ether oxygens (including phenoxy) is 1. The van der Waals surface area contributed by atoms with Crippen LogP contribution in [-0.4, -0.2) is 12.9 Å². The number of carbonyl (C=O) groups is 1. The summed E-state index contributed by atoms with van der Waals surface area (Å²) in [4.78, 5) is 10.6. The standard InChI is InChI=1S/C14H19ClO2/c1-2-3-4-5-6-9-17-14-10-12(11-16)7-8-13(14)15/h7-8,10-11H,2-6,9H2,1H3. The molecule has 0 saturated heterocycles. The second kappa shape index (κ2) is 8.13. The lowest BCUT2D eigenvalue weighted by atomic mass is 10.2. The van der Waals surface area contributed by atoms with Crippen LogP contribution in [0.1, 0.15) is 49.4 Å². The molecule has 0 amide bonds. The molecular formula is C14H19ClO2. The summed E-state index contributed by atoms with van der Waals surface area (Å²) in [5, 5.41) is 0.559. The van der Waals surface area contributed by atoms with Gasteiger partial charge in [-0.15, -0.1) is 0 Å². The van der Waals surface area contributed by atoms with Crippen molar-refractivity contribution in [1.82, 2.24) is 0 Å². The summed E-state index contributed by atoms with van der Waals surface area (Å²) in [6.45, 7) is 2.85. The van der Waals surface area contributed by atoms with Crippen LogP contribution in [0.3, 0.4) is 0 Å². The first-order valence-corrected chi connectivity index (χ1v) is 6.53. The molecular weight excluding hydrogens is 236 g/mol. The Morgan fingerprint density at radius 1 is 1.24 bits per heavy atom. The molecule has 94 valence electrons. The Kier molecular flexibility index (Phi) is 6.71. The maximum absolute atomic E-state index is 10.6. The maximum atomic E-state index is 10.6. The van der Waals surface area contributed by atoms with Gasteiger partial charge < -0.3 is 4.74 Å². The number of unbranched alkanes of at least 4 members (excludes halogenated alkanes) is 4. The number of hydrogen-bond acceptors (Lipinski definition) is 2.